The molecule has 1 heterocycles. The molecule has 0 fully saturated rings. The van der Waals surface area contributed by atoms with Gasteiger partial charge in [-0.05, 0) is 24.6 Å². The molecule has 19 heavy (non-hydrogen) atoms. The van der Waals surface area contributed by atoms with E-state index in [0.29, 0.717) is 0 Å². The minimum atomic E-state index is 0.740. The summed E-state index contributed by atoms with van der Waals surface area (Å²) in [6, 6.07) is 8.51. The van der Waals surface area contributed by atoms with Crippen LogP contribution in [0.15, 0.2) is 33.5 Å². The van der Waals surface area contributed by atoms with Gasteiger partial charge in [0.25, 0.3) is 0 Å². The zero-order chi connectivity index (χ0) is 13.5. The quantitative estimate of drug-likeness (QED) is 0.796. The summed E-state index contributed by atoms with van der Waals surface area (Å²) in [5.74, 6) is 0. The Hall–Kier alpha value is -0.950. The predicted molar refractivity (Wildman–Crippen MR) is 78.8 cm³/mol. The number of methoxy groups -OCH3 is 1. The Bertz CT molecular complexity index is 499. The van der Waals surface area contributed by atoms with Crippen molar-refractivity contribution < 1.29 is 4.74 Å². The molecule has 0 saturated heterocycles. The molecule has 0 bridgehead atoms. The molecule has 2 rings (SSSR count). The Morgan fingerprint density at radius 2 is 2.05 bits per heavy atom. The molecule has 0 atom stereocenters. The van der Waals surface area contributed by atoms with E-state index in [1.54, 1.807) is 30.2 Å². The SMILES string of the molecule is COCCNCc1ccc(Sc2nnc(C)s2)cc1. The molecule has 0 amide bonds. The maximum Gasteiger partial charge on any atom is 0.179 e. The summed E-state index contributed by atoms with van der Waals surface area (Å²) >= 11 is 3.27. The molecule has 0 aliphatic heterocycles. The first-order valence-electron chi connectivity index (χ1n) is 6.04. The zero-order valence-corrected chi connectivity index (χ0v) is 12.7. The third-order valence-electron chi connectivity index (χ3n) is 2.45. The molecular weight excluding hydrogens is 278 g/mol. The molecular formula is C13H17N3OS2. The summed E-state index contributed by atoms with van der Waals surface area (Å²) in [4.78, 5) is 1.19. The van der Waals surface area contributed by atoms with Crippen LogP contribution >= 0.6 is 23.1 Å². The van der Waals surface area contributed by atoms with Crippen molar-refractivity contribution in [3.8, 4) is 0 Å². The first-order valence-corrected chi connectivity index (χ1v) is 7.68. The van der Waals surface area contributed by atoms with Gasteiger partial charge in [-0.25, -0.2) is 0 Å². The van der Waals surface area contributed by atoms with Crippen molar-refractivity contribution in [1.82, 2.24) is 15.5 Å². The molecule has 0 saturated carbocycles. The largest absolute Gasteiger partial charge is 0.383 e. The highest BCUT2D eigenvalue weighted by Crippen LogP contribution is 2.29. The number of nitrogens with zero attached hydrogens (tertiary/aromatic N) is 2. The molecule has 0 radical (unpaired) electrons. The first kappa shape index (κ1) is 14.5. The molecule has 102 valence electrons. The highest BCUT2D eigenvalue weighted by atomic mass is 32.2. The maximum absolute atomic E-state index is 4.99. The van der Waals surface area contributed by atoms with E-state index in [1.165, 1.54) is 10.5 Å². The van der Waals surface area contributed by atoms with Gasteiger partial charge in [-0.3, -0.25) is 0 Å². The topological polar surface area (TPSA) is 47.0 Å². The molecule has 4 nitrogen and oxygen atoms in total. The van der Waals surface area contributed by atoms with Crippen molar-refractivity contribution in [3.05, 3.63) is 34.8 Å². The number of ether oxygens (including phenoxy) is 1. The molecule has 6 heteroatoms. The van der Waals surface area contributed by atoms with E-state index < -0.39 is 0 Å². The van der Waals surface area contributed by atoms with Gasteiger partial charge in [0.2, 0.25) is 0 Å². The predicted octanol–water partition coefficient (Wildman–Crippen LogP) is 2.73. The highest BCUT2D eigenvalue weighted by Gasteiger charge is 2.03. The summed E-state index contributed by atoms with van der Waals surface area (Å²) in [6.07, 6.45) is 0. The lowest BCUT2D eigenvalue weighted by Crippen LogP contribution is -2.18. The van der Waals surface area contributed by atoms with Gasteiger partial charge in [-0.2, -0.15) is 0 Å². The fourth-order valence-corrected chi connectivity index (χ4v) is 3.29. The van der Waals surface area contributed by atoms with Crippen molar-refractivity contribution in [2.24, 2.45) is 0 Å². The average Bonchev–Trinajstić information content (AvgIpc) is 2.82. The van der Waals surface area contributed by atoms with Crippen LogP contribution in [0.5, 0.6) is 0 Å². The fraction of sp³-hybridized carbons (Fsp3) is 0.385. The van der Waals surface area contributed by atoms with E-state index in [-0.39, 0.29) is 0 Å². The second-order valence-electron chi connectivity index (χ2n) is 4.00. The Balaban J connectivity index is 1.84. The minimum Gasteiger partial charge on any atom is -0.383 e. The maximum atomic E-state index is 4.99. The summed E-state index contributed by atoms with van der Waals surface area (Å²) in [7, 11) is 1.71. The van der Waals surface area contributed by atoms with Crippen LogP contribution in [0.2, 0.25) is 0 Å². The lowest BCUT2D eigenvalue weighted by molar-refractivity contribution is 0.199. The van der Waals surface area contributed by atoms with Gasteiger partial charge >= 0.3 is 0 Å². The van der Waals surface area contributed by atoms with Crippen LogP contribution in [0.3, 0.4) is 0 Å². The van der Waals surface area contributed by atoms with E-state index in [2.05, 4.69) is 39.8 Å². The zero-order valence-electron chi connectivity index (χ0n) is 11.0. The molecule has 2 aromatic rings. The summed E-state index contributed by atoms with van der Waals surface area (Å²) in [6.45, 7) is 4.45. The van der Waals surface area contributed by atoms with Crippen molar-refractivity contribution in [1.29, 1.82) is 0 Å². The van der Waals surface area contributed by atoms with Crippen molar-refractivity contribution >= 4 is 23.1 Å². The van der Waals surface area contributed by atoms with Gasteiger partial charge in [0.05, 0.1) is 6.61 Å². The summed E-state index contributed by atoms with van der Waals surface area (Å²) in [5, 5.41) is 12.4. The van der Waals surface area contributed by atoms with Crippen LogP contribution in [0.25, 0.3) is 0 Å². The van der Waals surface area contributed by atoms with E-state index in [9.17, 15) is 0 Å². The third-order valence-corrected chi connectivity index (χ3v) is 4.35. The van der Waals surface area contributed by atoms with Gasteiger partial charge < -0.3 is 10.1 Å². The van der Waals surface area contributed by atoms with E-state index in [0.717, 1.165) is 29.0 Å². The Morgan fingerprint density at radius 1 is 1.26 bits per heavy atom. The van der Waals surface area contributed by atoms with Crippen LogP contribution in [0, 0.1) is 6.92 Å². The van der Waals surface area contributed by atoms with E-state index in [4.69, 9.17) is 4.74 Å². The number of nitrogens with one attached hydrogen (secondary N) is 1. The van der Waals surface area contributed by atoms with Gasteiger partial charge in [0.15, 0.2) is 4.34 Å². The van der Waals surface area contributed by atoms with Gasteiger partial charge in [-0.15, -0.1) is 10.2 Å². The fourth-order valence-electron chi connectivity index (χ4n) is 1.50. The Morgan fingerprint density at radius 3 is 2.68 bits per heavy atom. The average molecular weight is 295 g/mol. The van der Waals surface area contributed by atoms with E-state index >= 15 is 0 Å². The van der Waals surface area contributed by atoms with Gasteiger partial charge in [0.1, 0.15) is 5.01 Å². The second kappa shape index (κ2) is 7.59. The Kier molecular flexibility index (Phi) is 5.78. The summed E-state index contributed by atoms with van der Waals surface area (Å²) in [5.41, 5.74) is 1.27. The van der Waals surface area contributed by atoms with Crippen LogP contribution in [0.4, 0.5) is 0 Å². The first-order chi connectivity index (χ1) is 9.28. The molecule has 1 aromatic carbocycles. The van der Waals surface area contributed by atoms with Gasteiger partial charge in [0, 0.05) is 25.1 Å². The van der Waals surface area contributed by atoms with Crippen molar-refractivity contribution in [3.63, 3.8) is 0 Å². The van der Waals surface area contributed by atoms with Crippen LogP contribution in [-0.2, 0) is 11.3 Å². The molecule has 1 N–H and O–H groups in total. The lowest BCUT2D eigenvalue weighted by Gasteiger charge is -2.05. The minimum absolute atomic E-state index is 0.740. The number of aryl methyl sites for hydroxylation is 1. The van der Waals surface area contributed by atoms with E-state index in [1.807, 2.05) is 6.92 Å². The highest BCUT2D eigenvalue weighted by molar-refractivity contribution is 8.01. The Labute approximate surface area is 121 Å². The molecule has 0 aliphatic rings. The smallest absolute Gasteiger partial charge is 0.179 e. The van der Waals surface area contributed by atoms with Gasteiger partial charge in [-0.1, -0.05) is 35.2 Å². The molecule has 0 unspecified atom stereocenters. The van der Waals surface area contributed by atoms with Crippen LogP contribution in [-0.4, -0.2) is 30.5 Å². The number of hydrogen-bond donors (Lipinski definition) is 1. The summed E-state index contributed by atoms with van der Waals surface area (Å²) < 4.78 is 5.98. The lowest BCUT2D eigenvalue weighted by atomic mass is 10.2. The van der Waals surface area contributed by atoms with Crippen LogP contribution in [0.1, 0.15) is 10.6 Å². The van der Waals surface area contributed by atoms with Crippen molar-refractivity contribution in [2.75, 3.05) is 20.3 Å². The number of aromatic nitrogens is 2. The second-order valence-corrected chi connectivity index (χ2v) is 6.50. The molecule has 0 spiro atoms. The number of benzene rings is 1. The van der Waals surface area contributed by atoms with Crippen molar-refractivity contribution in [2.45, 2.75) is 22.7 Å². The monoisotopic (exact) mass is 295 g/mol. The van der Waals surface area contributed by atoms with Crippen LogP contribution < -0.4 is 5.32 Å². The molecule has 1 aromatic heterocycles. The number of hydrogen-bond acceptors (Lipinski definition) is 6. The normalized spacial score (nSPS) is 10.8. The standard InChI is InChI=1S/C13H17N3OS2/c1-10-15-16-13(18-10)19-12-5-3-11(4-6-12)9-14-7-8-17-2/h3-6,14H,7-9H2,1-2H3. The third kappa shape index (κ3) is 4.91. The molecule has 0 aliphatic carbocycles. The number of rotatable bonds is 7.